The molecule has 4 aliphatic rings. The molecule has 6 heterocycles. The van der Waals surface area contributed by atoms with Crippen LogP contribution in [-0.2, 0) is 16.1 Å². The van der Waals surface area contributed by atoms with E-state index in [-0.39, 0.29) is 39.9 Å². The van der Waals surface area contributed by atoms with Crippen LogP contribution < -0.4 is 20.3 Å². The van der Waals surface area contributed by atoms with E-state index in [1.807, 2.05) is 17.9 Å². The molecule has 0 saturated carbocycles. The summed E-state index contributed by atoms with van der Waals surface area (Å²) in [6.07, 6.45) is -1.06. The number of pyridine rings is 1. The molecule has 2 aromatic carbocycles. The third kappa shape index (κ3) is 4.69. The van der Waals surface area contributed by atoms with E-state index in [9.17, 15) is 14.0 Å². The zero-order valence-corrected chi connectivity index (χ0v) is 24.8. The third-order valence-corrected chi connectivity index (χ3v) is 8.81. The Morgan fingerprint density at radius 1 is 1.04 bits per heavy atom. The molecule has 1 spiro atoms. The van der Waals surface area contributed by atoms with Gasteiger partial charge in [0.25, 0.3) is 11.8 Å². The number of para-hydroxylation sites is 1. The number of benzodiazepines with no additional fused rings is 1. The van der Waals surface area contributed by atoms with E-state index in [0.29, 0.717) is 48.8 Å². The van der Waals surface area contributed by atoms with Gasteiger partial charge in [0.1, 0.15) is 22.9 Å². The largest absolute Gasteiger partial charge is 0.474 e. The third-order valence-electron chi connectivity index (χ3n) is 8.81. The summed E-state index contributed by atoms with van der Waals surface area (Å²) in [5.74, 6) is -2.29. The number of ether oxygens (including phenoxy) is 2. The molecule has 4 aromatic rings. The van der Waals surface area contributed by atoms with Crippen molar-refractivity contribution in [1.29, 1.82) is 0 Å². The van der Waals surface area contributed by atoms with Crippen LogP contribution in [0.2, 0.25) is 0 Å². The molecule has 2 N–H and O–H groups in total. The molecule has 8 rings (SSSR count). The summed E-state index contributed by atoms with van der Waals surface area (Å²) >= 11 is 0. The summed E-state index contributed by atoms with van der Waals surface area (Å²) in [6, 6.07) is 16.6. The maximum absolute atomic E-state index is 15.7. The van der Waals surface area contributed by atoms with Gasteiger partial charge in [-0.25, -0.2) is 19.0 Å². The van der Waals surface area contributed by atoms with Gasteiger partial charge in [-0.05, 0) is 25.1 Å². The number of aliphatic imine (C=N–C) groups is 1. The summed E-state index contributed by atoms with van der Waals surface area (Å²) in [6.45, 7) is 5.16. The first-order chi connectivity index (χ1) is 22.3. The fourth-order valence-corrected chi connectivity index (χ4v) is 6.36. The topological polar surface area (TPSA) is 123 Å². The Kier molecular flexibility index (Phi) is 6.60. The number of aromatic nitrogens is 3. The smallest absolute Gasteiger partial charge is 0.269 e. The molecule has 0 unspecified atom stereocenters. The lowest BCUT2D eigenvalue weighted by atomic mass is 9.78. The summed E-state index contributed by atoms with van der Waals surface area (Å²) in [5, 5.41) is 9.82. The van der Waals surface area contributed by atoms with Crippen LogP contribution in [0.25, 0.3) is 11.3 Å². The van der Waals surface area contributed by atoms with Crippen molar-refractivity contribution >= 4 is 29.0 Å². The predicted octanol–water partition coefficient (Wildman–Crippen LogP) is 3.78. The number of hydrogen-bond donors (Lipinski definition) is 2. The van der Waals surface area contributed by atoms with E-state index in [0.717, 1.165) is 13.1 Å². The molecule has 0 radical (unpaired) electrons. The number of benzene rings is 2. The average Bonchev–Trinajstić information content (AvgIpc) is 3.30. The minimum absolute atomic E-state index is 0.0162. The van der Waals surface area contributed by atoms with Crippen molar-refractivity contribution in [3.05, 3.63) is 89.1 Å². The van der Waals surface area contributed by atoms with Crippen LogP contribution in [0.1, 0.15) is 34.8 Å². The molecule has 13 heteroatoms. The number of amides is 2. The van der Waals surface area contributed by atoms with E-state index in [4.69, 9.17) is 9.47 Å². The van der Waals surface area contributed by atoms with Crippen LogP contribution in [0, 0.1) is 17.2 Å². The van der Waals surface area contributed by atoms with Crippen molar-refractivity contribution in [2.45, 2.75) is 32.2 Å². The number of aryl methyl sites for hydroxylation is 1. The fraction of sp³-hybridized carbons (Fsp3) is 0.303. The van der Waals surface area contributed by atoms with Crippen LogP contribution >= 0.6 is 0 Å². The molecule has 0 bridgehead atoms. The van der Waals surface area contributed by atoms with Crippen LogP contribution in [-0.4, -0.2) is 70.9 Å². The number of carbonyl (C=O) groups excluding carboxylic acids is 2. The van der Waals surface area contributed by atoms with E-state index in [1.165, 1.54) is 16.8 Å². The molecule has 0 aliphatic carbocycles. The van der Waals surface area contributed by atoms with Gasteiger partial charge in [0, 0.05) is 37.2 Å². The highest BCUT2D eigenvalue weighted by Crippen LogP contribution is 2.41. The SMILES string of the molecule is C[C@@H]1CCn2nc(-c3ccc(N4CC5(COC5)C4)nc3F)c(C(=O)N[C@H]3N=C(c4ccccc4)c4cccc(F)c4NC3=O)c2O1. The number of anilines is 2. The van der Waals surface area contributed by atoms with Gasteiger partial charge in [0.05, 0.1) is 41.7 Å². The molecule has 2 fully saturated rings. The standard InChI is InChI=1S/C33H29F2N7O4/c1-18-12-13-42-32(46-18)24(27(40-42)21-10-11-23(36-28(21)35)41-14-33(15-41)16-45-17-33)30(43)39-29-31(44)38-26-20(8-5-9-22(26)34)25(37-29)19-6-3-2-4-7-19/h2-11,18,29H,12-17H2,1H3,(H,38,44)(H,39,43)/t18-,29-/m1/s1. The highest BCUT2D eigenvalue weighted by atomic mass is 19.1. The molecule has 2 atom stereocenters. The Balaban J connectivity index is 1.16. The van der Waals surface area contributed by atoms with Crippen LogP contribution in [0.3, 0.4) is 0 Å². The van der Waals surface area contributed by atoms with Gasteiger partial charge in [-0.2, -0.15) is 9.49 Å². The first kappa shape index (κ1) is 28.3. The number of hydrogen-bond acceptors (Lipinski definition) is 8. The molecular formula is C33H29F2N7O4. The summed E-state index contributed by atoms with van der Waals surface area (Å²) in [5.41, 5.74) is 1.38. The molecule has 11 nitrogen and oxygen atoms in total. The number of fused-ring (bicyclic) bond motifs is 2. The van der Waals surface area contributed by atoms with Gasteiger partial charge in [-0.1, -0.05) is 42.5 Å². The van der Waals surface area contributed by atoms with Gasteiger partial charge in [-0.15, -0.1) is 0 Å². The van der Waals surface area contributed by atoms with E-state index >= 15 is 4.39 Å². The van der Waals surface area contributed by atoms with Crippen molar-refractivity contribution in [2.24, 2.45) is 10.4 Å². The summed E-state index contributed by atoms with van der Waals surface area (Å²) < 4.78 is 43.6. The maximum Gasteiger partial charge on any atom is 0.269 e. The summed E-state index contributed by atoms with van der Waals surface area (Å²) in [7, 11) is 0. The van der Waals surface area contributed by atoms with Gasteiger partial charge >= 0.3 is 0 Å². The molecule has 4 aliphatic heterocycles. The van der Waals surface area contributed by atoms with Gasteiger partial charge in [-0.3, -0.25) is 9.59 Å². The second-order valence-electron chi connectivity index (χ2n) is 12.2. The lowest BCUT2D eigenvalue weighted by Crippen LogP contribution is -2.66. The number of rotatable bonds is 5. The average molecular weight is 626 g/mol. The highest BCUT2D eigenvalue weighted by Gasteiger charge is 2.49. The number of halogens is 2. The molecule has 2 aromatic heterocycles. The molecule has 2 saturated heterocycles. The molecular weight excluding hydrogens is 596 g/mol. The van der Waals surface area contributed by atoms with Gasteiger partial charge in [0.15, 0.2) is 0 Å². The Morgan fingerprint density at radius 2 is 1.85 bits per heavy atom. The van der Waals surface area contributed by atoms with Crippen LogP contribution in [0.4, 0.5) is 20.3 Å². The minimum atomic E-state index is -1.46. The first-order valence-corrected chi connectivity index (χ1v) is 15.1. The van der Waals surface area contributed by atoms with E-state index in [1.54, 1.807) is 42.5 Å². The predicted molar refractivity (Wildman–Crippen MR) is 164 cm³/mol. The fourth-order valence-electron chi connectivity index (χ4n) is 6.36. The Hall–Kier alpha value is -5.17. The zero-order chi connectivity index (χ0) is 31.6. The Morgan fingerprint density at radius 3 is 2.59 bits per heavy atom. The number of carbonyl (C=O) groups is 2. The van der Waals surface area contributed by atoms with Crippen molar-refractivity contribution in [3.8, 4) is 17.1 Å². The van der Waals surface area contributed by atoms with Gasteiger partial charge < -0.3 is 25.0 Å². The number of nitrogens with zero attached hydrogens (tertiary/aromatic N) is 5. The number of nitrogens with one attached hydrogen (secondary N) is 2. The normalized spacial score (nSPS) is 21.1. The van der Waals surface area contributed by atoms with Crippen LogP contribution in [0.5, 0.6) is 5.88 Å². The van der Waals surface area contributed by atoms with E-state index in [2.05, 4.69) is 25.7 Å². The maximum atomic E-state index is 15.7. The van der Waals surface area contributed by atoms with Crippen molar-refractivity contribution in [2.75, 3.05) is 36.5 Å². The Labute approximate surface area is 262 Å². The second-order valence-corrected chi connectivity index (χ2v) is 12.2. The van der Waals surface area contributed by atoms with E-state index < -0.39 is 29.7 Å². The first-order valence-electron chi connectivity index (χ1n) is 15.1. The molecule has 234 valence electrons. The molecule has 46 heavy (non-hydrogen) atoms. The quantitative estimate of drug-likeness (QED) is 0.324. The monoisotopic (exact) mass is 625 g/mol. The van der Waals surface area contributed by atoms with Crippen molar-refractivity contribution < 1.29 is 27.8 Å². The van der Waals surface area contributed by atoms with Crippen LogP contribution in [0.15, 0.2) is 65.7 Å². The zero-order valence-electron chi connectivity index (χ0n) is 24.8. The lowest BCUT2D eigenvalue weighted by molar-refractivity contribution is -0.127. The minimum Gasteiger partial charge on any atom is -0.474 e. The second kappa shape index (κ2) is 10.7. The Bertz CT molecular complexity index is 1920. The lowest BCUT2D eigenvalue weighted by Gasteiger charge is -2.55. The van der Waals surface area contributed by atoms with Crippen molar-refractivity contribution in [1.82, 2.24) is 20.1 Å². The molecule has 2 amide bonds. The van der Waals surface area contributed by atoms with Crippen molar-refractivity contribution in [3.63, 3.8) is 0 Å². The summed E-state index contributed by atoms with van der Waals surface area (Å²) in [4.78, 5) is 38.4. The highest BCUT2D eigenvalue weighted by molar-refractivity contribution is 6.20. The van der Waals surface area contributed by atoms with Gasteiger partial charge in [0.2, 0.25) is 18.0 Å².